The molecule has 0 aliphatic rings. The molecule has 0 bridgehead atoms. The average Bonchev–Trinajstić information content (AvgIpc) is 2.70. The van der Waals surface area contributed by atoms with Gasteiger partial charge in [-0.25, -0.2) is 8.42 Å². The third kappa shape index (κ3) is 5.71. The smallest absolute Gasteiger partial charge is 0.243 e. The number of carbonyl (C=O) groups is 1. The highest BCUT2D eigenvalue weighted by atomic mass is 32.2. The molecule has 0 aliphatic heterocycles. The molecule has 2 aromatic carbocycles. The third-order valence-electron chi connectivity index (χ3n) is 4.48. The van der Waals surface area contributed by atoms with Crippen LogP contribution >= 0.6 is 0 Å². The number of amides is 1. The number of anilines is 1. The van der Waals surface area contributed by atoms with E-state index in [-0.39, 0.29) is 28.7 Å². The van der Waals surface area contributed by atoms with Gasteiger partial charge in [-0.3, -0.25) is 4.79 Å². The molecule has 0 spiro atoms. The molecule has 0 radical (unpaired) electrons. The van der Waals surface area contributed by atoms with E-state index < -0.39 is 10.0 Å². The van der Waals surface area contributed by atoms with Crippen molar-refractivity contribution >= 4 is 21.6 Å². The highest BCUT2D eigenvalue weighted by Gasteiger charge is 2.23. The van der Waals surface area contributed by atoms with Crippen LogP contribution in [0.15, 0.2) is 47.4 Å². The van der Waals surface area contributed by atoms with Gasteiger partial charge in [-0.1, -0.05) is 32.0 Å². The van der Waals surface area contributed by atoms with Crippen molar-refractivity contribution in [3.63, 3.8) is 0 Å². The molecule has 8 heteroatoms. The Kier molecular flexibility index (Phi) is 8.04. The Morgan fingerprint density at radius 1 is 1.10 bits per heavy atom. The number of phenolic OH excluding ortho intramolecular Hbond substituents is 1. The number of hydrogen-bond donors (Lipinski definition) is 2. The molecule has 0 aliphatic carbocycles. The number of aryl methyl sites for hydroxylation is 1. The van der Waals surface area contributed by atoms with Crippen LogP contribution in [0.5, 0.6) is 11.5 Å². The van der Waals surface area contributed by atoms with Gasteiger partial charge in [0.2, 0.25) is 15.9 Å². The minimum atomic E-state index is -3.69. The largest absolute Gasteiger partial charge is 0.506 e. The molecule has 0 unspecified atom stereocenters. The van der Waals surface area contributed by atoms with Crippen molar-refractivity contribution in [3.8, 4) is 11.5 Å². The Bertz CT molecular complexity index is 940. The first-order valence-corrected chi connectivity index (χ1v) is 11.1. The second kappa shape index (κ2) is 10.3. The lowest BCUT2D eigenvalue weighted by atomic mass is 10.1. The fourth-order valence-corrected chi connectivity index (χ4v) is 4.44. The predicted octanol–water partition coefficient (Wildman–Crippen LogP) is 3.39. The van der Waals surface area contributed by atoms with Crippen molar-refractivity contribution in [1.82, 2.24) is 4.31 Å². The minimum Gasteiger partial charge on any atom is -0.506 e. The van der Waals surface area contributed by atoms with E-state index in [9.17, 15) is 18.3 Å². The number of ether oxygens (including phenoxy) is 1. The van der Waals surface area contributed by atoms with Gasteiger partial charge in [0.15, 0.2) is 0 Å². The van der Waals surface area contributed by atoms with Crippen molar-refractivity contribution in [2.75, 3.05) is 25.0 Å². The van der Waals surface area contributed by atoms with E-state index in [4.69, 9.17) is 4.74 Å². The molecule has 29 heavy (non-hydrogen) atoms. The van der Waals surface area contributed by atoms with Crippen LogP contribution in [0.4, 0.5) is 5.69 Å². The summed E-state index contributed by atoms with van der Waals surface area (Å²) in [6.45, 7) is 6.60. The van der Waals surface area contributed by atoms with Crippen LogP contribution in [-0.4, -0.2) is 43.4 Å². The number of sulfonamides is 1. The van der Waals surface area contributed by atoms with Gasteiger partial charge in [0, 0.05) is 19.5 Å². The Balaban J connectivity index is 2.13. The lowest BCUT2D eigenvalue weighted by Gasteiger charge is -2.19. The SMILES string of the molecule is CCOc1ccccc1CCC(=O)Nc1cc(S(=O)(=O)N(CC)CC)ccc1O. The van der Waals surface area contributed by atoms with Crippen LogP contribution < -0.4 is 10.1 Å². The first-order chi connectivity index (χ1) is 13.8. The molecule has 0 fully saturated rings. The van der Waals surface area contributed by atoms with Gasteiger partial charge in [0.1, 0.15) is 11.5 Å². The number of para-hydroxylation sites is 1. The lowest BCUT2D eigenvalue weighted by molar-refractivity contribution is -0.116. The Hall–Kier alpha value is -2.58. The topological polar surface area (TPSA) is 95.9 Å². The normalized spacial score (nSPS) is 11.4. The first kappa shape index (κ1) is 22.7. The zero-order valence-electron chi connectivity index (χ0n) is 17.0. The van der Waals surface area contributed by atoms with E-state index >= 15 is 0 Å². The Morgan fingerprint density at radius 3 is 2.45 bits per heavy atom. The second-order valence-corrected chi connectivity index (χ2v) is 8.30. The number of nitrogens with zero attached hydrogens (tertiary/aromatic N) is 1. The van der Waals surface area contributed by atoms with Crippen LogP contribution in [0.25, 0.3) is 0 Å². The summed E-state index contributed by atoms with van der Waals surface area (Å²) in [5.41, 5.74) is 0.980. The van der Waals surface area contributed by atoms with E-state index in [0.717, 1.165) is 11.3 Å². The number of hydrogen-bond acceptors (Lipinski definition) is 5. The molecule has 1 amide bonds. The fourth-order valence-electron chi connectivity index (χ4n) is 2.96. The summed E-state index contributed by atoms with van der Waals surface area (Å²) in [6.07, 6.45) is 0.622. The Morgan fingerprint density at radius 2 is 1.79 bits per heavy atom. The quantitative estimate of drug-likeness (QED) is 0.575. The van der Waals surface area contributed by atoms with Crippen LogP contribution in [0, 0.1) is 0 Å². The molecule has 2 rings (SSSR count). The van der Waals surface area contributed by atoms with E-state index in [1.807, 2.05) is 31.2 Å². The summed E-state index contributed by atoms with van der Waals surface area (Å²) in [5, 5.41) is 12.7. The van der Waals surface area contributed by atoms with E-state index in [1.54, 1.807) is 13.8 Å². The van der Waals surface area contributed by atoms with Crippen molar-refractivity contribution in [3.05, 3.63) is 48.0 Å². The number of nitrogens with one attached hydrogen (secondary N) is 1. The summed E-state index contributed by atoms with van der Waals surface area (Å²) >= 11 is 0. The number of aromatic hydroxyl groups is 1. The summed E-state index contributed by atoms with van der Waals surface area (Å²) < 4.78 is 32.2. The van der Waals surface area contributed by atoms with Crippen LogP contribution in [0.3, 0.4) is 0 Å². The van der Waals surface area contributed by atoms with Crippen molar-refractivity contribution in [2.45, 2.75) is 38.5 Å². The summed E-state index contributed by atoms with van der Waals surface area (Å²) in [6, 6.07) is 11.4. The summed E-state index contributed by atoms with van der Waals surface area (Å²) in [5.74, 6) is 0.216. The van der Waals surface area contributed by atoms with Gasteiger partial charge in [0.25, 0.3) is 0 Å². The average molecular weight is 421 g/mol. The highest BCUT2D eigenvalue weighted by molar-refractivity contribution is 7.89. The van der Waals surface area contributed by atoms with Crippen LogP contribution in [0.2, 0.25) is 0 Å². The summed E-state index contributed by atoms with van der Waals surface area (Å²) in [7, 11) is -3.69. The second-order valence-electron chi connectivity index (χ2n) is 6.36. The van der Waals surface area contributed by atoms with Gasteiger partial charge in [-0.15, -0.1) is 0 Å². The van der Waals surface area contributed by atoms with Gasteiger partial charge in [-0.05, 0) is 43.2 Å². The van der Waals surface area contributed by atoms with Crippen LogP contribution in [0.1, 0.15) is 32.8 Å². The lowest BCUT2D eigenvalue weighted by Crippen LogP contribution is -2.30. The van der Waals surface area contributed by atoms with Gasteiger partial charge in [-0.2, -0.15) is 4.31 Å². The van der Waals surface area contributed by atoms with E-state index in [2.05, 4.69) is 5.32 Å². The molecule has 0 saturated heterocycles. The monoisotopic (exact) mass is 420 g/mol. The zero-order valence-corrected chi connectivity index (χ0v) is 17.8. The summed E-state index contributed by atoms with van der Waals surface area (Å²) in [4.78, 5) is 12.4. The predicted molar refractivity (Wildman–Crippen MR) is 113 cm³/mol. The number of rotatable bonds is 10. The fraction of sp³-hybridized carbons (Fsp3) is 0.381. The molecule has 0 saturated carbocycles. The molecular weight excluding hydrogens is 392 g/mol. The van der Waals surface area contributed by atoms with Crippen molar-refractivity contribution in [2.24, 2.45) is 0 Å². The first-order valence-electron chi connectivity index (χ1n) is 9.67. The number of benzene rings is 2. The molecule has 0 atom stereocenters. The maximum absolute atomic E-state index is 12.7. The van der Waals surface area contributed by atoms with Crippen LogP contribution in [-0.2, 0) is 21.2 Å². The third-order valence-corrected chi connectivity index (χ3v) is 6.53. The molecule has 158 valence electrons. The van der Waals surface area contributed by atoms with Gasteiger partial charge in [0.05, 0.1) is 17.2 Å². The van der Waals surface area contributed by atoms with E-state index in [1.165, 1.54) is 22.5 Å². The maximum atomic E-state index is 12.7. The molecule has 7 nitrogen and oxygen atoms in total. The minimum absolute atomic E-state index is 0.0241. The molecule has 0 aromatic heterocycles. The van der Waals surface area contributed by atoms with Crippen molar-refractivity contribution in [1.29, 1.82) is 0 Å². The zero-order chi connectivity index (χ0) is 21.4. The molecule has 0 heterocycles. The standard InChI is InChI=1S/C21H28N2O5S/c1-4-23(5-2)29(26,27)17-12-13-19(24)18(15-17)22-21(25)14-11-16-9-7-8-10-20(16)28-6-3/h7-10,12-13,15,24H,4-6,11,14H2,1-3H3,(H,22,25). The molecule has 2 N–H and O–H groups in total. The molecular formula is C21H28N2O5S. The van der Waals surface area contributed by atoms with E-state index in [0.29, 0.717) is 26.1 Å². The number of carbonyl (C=O) groups excluding carboxylic acids is 1. The molecule has 2 aromatic rings. The van der Waals surface area contributed by atoms with Gasteiger partial charge >= 0.3 is 0 Å². The maximum Gasteiger partial charge on any atom is 0.243 e. The number of phenols is 1. The Labute approximate surface area is 172 Å². The van der Waals surface area contributed by atoms with Gasteiger partial charge < -0.3 is 15.2 Å². The highest BCUT2D eigenvalue weighted by Crippen LogP contribution is 2.28. The van der Waals surface area contributed by atoms with Crippen molar-refractivity contribution < 1.29 is 23.1 Å².